The monoisotopic (exact) mass is 626 g/mol. The van der Waals surface area contributed by atoms with Gasteiger partial charge in [0.15, 0.2) is 23.5 Å². The van der Waals surface area contributed by atoms with E-state index in [-0.39, 0.29) is 48.1 Å². The highest BCUT2D eigenvalue weighted by Gasteiger charge is 2.61. The molecule has 2 aromatic carbocycles. The van der Waals surface area contributed by atoms with Gasteiger partial charge >= 0.3 is 0 Å². The summed E-state index contributed by atoms with van der Waals surface area (Å²) in [5.41, 5.74) is 3.08. The van der Waals surface area contributed by atoms with Crippen molar-refractivity contribution in [2.45, 2.75) is 77.4 Å². The number of benzene rings is 2. The third kappa shape index (κ3) is 4.63. The highest BCUT2D eigenvalue weighted by atomic mass is 16.5. The van der Waals surface area contributed by atoms with Gasteiger partial charge in [-0.05, 0) is 48.4 Å². The zero-order valence-corrected chi connectivity index (χ0v) is 26.4. The number of ether oxygens (including phenoxy) is 1. The van der Waals surface area contributed by atoms with Crippen molar-refractivity contribution in [2.75, 3.05) is 5.32 Å². The number of rotatable bonds is 7. The first-order valence-electron chi connectivity index (χ1n) is 15.8. The first-order valence-corrected chi connectivity index (χ1v) is 15.8. The van der Waals surface area contributed by atoms with Crippen molar-refractivity contribution >= 4 is 17.4 Å². The second kappa shape index (κ2) is 11.1. The number of carbonyl (C=O) groups is 2. The molecule has 0 saturated heterocycles. The lowest BCUT2D eigenvalue weighted by molar-refractivity contribution is -0.135. The van der Waals surface area contributed by atoms with Crippen LogP contribution in [-0.2, 0) is 21.4 Å². The van der Waals surface area contributed by atoms with Crippen molar-refractivity contribution in [1.29, 1.82) is 0 Å². The number of amides is 1. The van der Waals surface area contributed by atoms with Crippen LogP contribution in [0.2, 0.25) is 0 Å². The average molecular weight is 627 g/mol. The van der Waals surface area contributed by atoms with E-state index in [1.165, 1.54) is 6.26 Å². The van der Waals surface area contributed by atoms with Crippen LogP contribution in [0.3, 0.4) is 0 Å². The van der Waals surface area contributed by atoms with E-state index in [2.05, 4.69) is 15.6 Å². The number of hydrogen-bond acceptors (Lipinski definition) is 10. The van der Waals surface area contributed by atoms with Gasteiger partial charge in [-0.3, -0.25) is 9.59 Å². The number of aromatic nitrogens is 2. The molecule has 0 fully saturated rings. The number of carbonyl (C=O) groups excluding carboxylic acids is 2. The molecule has 2 unspecified atom stereocenters. The molecule has 3 aliphatic heterocycles. The smallest absolute Gasteiger partial charge is 0.249 e. The van der Waals surface area contributed by atoms with Crippen LogP contribution in [0.25, 0.3) is 11.6 Å². The van der Waals surface area contributed by atoms with Crippen molar-refractivity contribution in [3.63, 3.8) is 0 Å². The third-order valence-electron chi connectivity index (χ3n) is 9.39. The quantitative estimate of drug-likeness (QED) is 0.224. The minimum atomic E-state index is -1.17. The number of fused-ring (bicyclic) bond motifs is 4. The van der Waals surface area contributed by atoms with Crippen molar-refractivity contribution in [1.82, 2.24) is 15.3 Å². The van der Waals surface area contributed by atoms with Crippen LogP contribution >= 0.6 is 0 Å². The Kier molecular flexibility index (Phi) is 7.28. The Morgan fingerprint density at radius 2 is 1.83 bits per heavy atom. The lowest BCUT2D eigenvalue weighted by atomic mass is 9.72. The van der Waals surface area contributed by atoms with Gasteiger partial charge in [0.05, 0.1) is 6.10 Å². The molecule has 0 aliphatic carbocycles. The number of anilines is 1. The molecule has 0 radical (unpaired) electrons. The zero-order chi connectivity index (χ0) is 32.5. The number of oxazole rings is 2. The van der Waals surface area contributed by atoms with Gasteiger partial charge < -0.3 is 34.4 Å². The van der Waals surface area contributed by atoms with Crippen LogP contribution in [0.4, 0.5) is 5.69 Å². The SMILES string of the molecule is CC(O)c1coc(-c2nc3oc2C24c5ccccc5N[C@H]2Oc2ccc(cc24)C[C@H](CC(=O)[C@@H](O)C(C)C)C(=O)N[C@H]3C(C)C)n1. The molecule has 0 saturated carbocycles. The van der Waals surface area contributed by atoms with E-state index in [1.54, 1.807) is 20.8 Å². The Bertz CT molecular complexity index is 1820. The van der Waals surface area contributed by atoms with Crippen molar-refractivity contribution in [3.8, 4) is 17.3 Å². The van der Waals surface area contributed by atoms with E-state index in [4.69, 9.17) is 18.6 Å². The first-order chi connectivity index (χ1) is 22.0. The molecule has 1 amide bonds. The number of para-hydroxylation sites is 1. The summed E-state index contributed by atoms with van der Waals surface area (Å²) in [4.78, 5) is 36.7. The summed E-state index contributed by atoms with van der Waals surface area (Å²) >= 11 is 0. The van der Waals surface area contributed by atoms with E-state index in [0.717, 1.165) is 22.4 Å². The molecule has 1 spiro atoms. The van der Waals surface area contributed by atoms with Crippen LogP contribution in [-0.4, -0.2) is 44.2 Å². The molecule has 6 atom stereocenters. The Hall–Kier alpha value is -4.48. The topological polar surface area (TPSA) is 160 Å². The molecule has 7 rings (SSSR count). The molecule has 4 aromatic rings. The fraction of sp³-hybridized carbons (Fsp3) is 0.429. The third-order valence-corrected chi connectivity index (χ3v) is 9.39. The fourth-order valence-corrected chi connectivity index (χ4v) is 6.88. The summed E-state index contributed by atoms with van der Waals surface area (Å²) in [6.45, 7) is 9.06. The van der Waals surface area contributed by atoms with Gasteiger partial charge in [0, 0.05) is 23.6 Å². The number of ketones is 1. The molecule has 11 heteroatoms. The van der Waals surface area contributed by atoms with Crippen molar-refractivity contribution in [3.05, 3.63) is 82.8 Å². The van der Waals surface area contributed by atoms with Crippen LogP contribution in [0.1, 0.15) is 87.2 Å². The van der Waals surface area contributed by atoms with Crippen LogP contribution in [0.5, 0.6) is 5.75 Å². The van der Waals surface area contributed by atoms with E-state index >= 15 is 0 Å². The Labute approximate surface area is 266 Å². The molecule has 4 N–H and O–H groups in total. The number of aliphatic hydroxyl groups is 2. The second-order valence-electron chi connectivity index (χ2n) is 13.3. The Morgan fingerprint density at radius 3 is 2.54 bits per heavy atom. The fourth-order valence-electron chi connectivity index (χ4n) is 6.88. The Balaban J connectivity index is 1.48. The Morgan fingerprint density at radius 1 is 1.04 bits per heavy atom. The van der Waals surface area contributed by atoms with Gasteiger partial charge in [-0.1, -0.05) is 58.0 Å². The number of aliphatic hydroxyl groups excluding tert-OH is 2. The number of hydrogen-bond donors (Lipinski definition) is 4. The van der Waals surface area contributed by atoms with Crippen LogP contribution < -0.4 is 15.4 Å². The highest BCUT2D eigenvalue weighted by molar-refractivity contribution is 5.89. The molecular weight excluding hydrogens is 588 g/mol. The second-order valence-corrected chi connectivity index (χ2v) is 13.3. The summed E-state index contributed by atoms with van der Waals surface area (Å²) in [6, 6.07) is 13.0. The number of nitrogens with one attached hydrogen (secondary N) is 2. The number of nitrogens with zero attached hydrogens (tertiary/aromatic N) is 2. The highest BCUT2D eigenvalue weighted by Crippen LogP contribution is 2.59. The van der Waals surface area contributed by atoms with Gasteiger partial charge in [0.25, 0.3) is 0 Å². The van der Waals surface area contributed by atoms with Crippen molar-refractivity contribution < 1.29 is 33.4 Å². The molecule has 2 aromatic heterocycles. The first kappa shape index (κ1) is 30.2. The maximum atomic E-state index is 14.0. The summed E-state index contributed by atoms with van der Waals surface area (Å²) in [5, 5.41) is 27.4. The molecule has 3 aliphatic rings. The summed E-state index contributed by atoms with van der Waals surface area (Å²) in [6.07, 6.45) is -1.09. The molecule has 11 nitrogen and oxygen atoms in total. The van der Waals surface area contributed by atoms with Gasteiger partial charge in [-0.2, -0.15) is 0 Å². The normalized spacial score (nSPS) is 24.3. The minimum Gasteiger partial charge on any atom is -0.469 e. The minimum absolute atomic E-state index is 0.123. The van der Waals surface area contributed by atoms with Gasteiger partial charge in [-0.15, -0.1) is 0 Å². The maximum absolute atomic E-state index is 14.0. The lowest BCUT2D eigenvalue weighted by Crippen LogP contribution is -2.41. The zero-order valence-electron chi connectivity index (χ0n) is 26.4. The van der Waals surface area contributed by atoms with Gasteiger partial charge in [0.2, 0.25) is 17.7 Å². The predicted molar refractivity (Wildman–Crippen MR) is 167 cm³/mol. The van der Waals surface area contributed by atoms with Gasteiger partial charge in [0.1, 0.15) is 35.3 Å². The summed E-state index contributed by atoms with van der Waals surface area (Å²) in [5.74, 6) is -0.408. The maximum Gasteiger partial charge on any atom is 0.249 e. The predicted octanol–water partition coefficient (Wildman–Crippen LogP) is 4.82. The molecule has 46 heavy (non-hydrogen) atoms. The van der Waals surface area contributed by atoms with E-state index in [1.807, 2.05) is 56.3 Å². The number of Topliss-reactive ketones (excluding diaryl/α,β-unsaturated/α-hetero) is 1. The van der Waals surface area contributed by atoms with E-state index in [0.29, 0.717) is 22.9 Å². The molecule has 4 bridgehead atoms. The summed E-state index contributed by atoms with van der Waals surface area (Å²) < 4.78 is 19.3. The molecule has 240 valence electrons. The van der Waals surface area contributed by atoms with E-state index < -0.39 is 35.8 Å². The van der Waals surface area contributed by atoms with Crippen molar-refractivity contribution in [2.24, 2.45) is 17.8 Å². The average Bonchev–Trinajstić information content (AvgIpc) is 3.79. The van der Waals surface area contributed by atoms with Gasteiger partial charge in [-0.25, -0.2) is 9.97 Å². The molecular formula is C35H38N4O7. The largest absolute Gasteiger partial charge is 0.469 e. The van der Waals surface area contributed by atoms with E-state index in [9.17, 15) is 19.8 Å². The van der Waals surface area contributed by atoms with Crippen LogP contribution in [0.15, 0.2) is 57.6 Å². The standard InChI is InChI=1S/C35H38N4O7/c1-16(2)27-33-39-28(32-36-24(15-44-32)18(5)40)30(46-33)35-21-8-6-7-9-23(21)37-34(35)45-26-11-10-19(13-22(26)35)12-20(31(43)38-27)14-25(41)29(42)17(3)4/h6-11,13,15-18,20,27,29,34,37,40,42H,12,14H2,1-5H3,(H,38,43)/t18?,20-,27+,29+,34+,35?/m1/s1. The summed E-state index contributed by atoms with van der Waals surface area (Å²) in [7, 11) is 0. The lowest BCUT2D eigenvalue weighted by Gasteiger charge is -2.28. The molecule has 5 heterocycles. The van der Waals surface area contributed by atoms with Crippen LogP contribution in [0, 0.1) is 17.8 Å².